The van der Waals surface area contributed by atoms with Crippen molar-refractivity contribution in [3.63, 3.8) is 0 Å². The second-order valence-corrected chi connectivity index (χ2v) is 10.6. The zero-order chi connectivity index (χ0) is 40.5. The predicted octanol–water partition coefficient (Wildman–Crippen LogP) is 18.6. The number of aromatic nitrogens is 4. The predicted molar refractivity (Wildman–Crippen MR) is 286 cm³/mol. The van der Waals surface area contributed by atoms with Crippen LogP contribution in [-0.2, 0) is 13.1 Å². The Morgan fingerprint density at radius 2 is 0.468 bits per heavy atom. The zero-order valence-electron chi connectivity index (χ0n) is 35.9. The van der Waals surface area contributed by atoms with E-state index in [9.17, 15) is 0 Å². The van der Waals surface area contributed by atoms with E-state index in [-0.39, 0.29) is 46.5 Å². The van der Waals surface area contributed by atoms with E-state index in [0.717, 1.165) is 13.1 Å². The highest BCUT2D eigenvalue weighted by molar-refractivity contribution is 5.80. The van der Waals surface area contributed by atoms with Crippen molar-refractivity contribution in [2.24, 2.45) is 0 Å². The maximum Gasteiger partial charge on any atom is 0.0453 e. The average Bonchev–Trinajstić information content (AvgIpc) is 4.15. The van der Waals surface area contributed by atoms with Gasteiger partial charge in [-0.15, -0.1) is 0 Å². The monoisotopic (exact) mass is 858 g/mol. The van der Waals surface area contributed by atoms with Gasteiger partial charge in [0.05, 0.1) is 0 Å². The van der Waals surface area contributed by atoms with Gasteiger partial charge in [-0.05, 0) is 81.2 Å². The molecule has 62 heavy (non-hydrogen) atoms. The molecule has 5 N–H and O–H groups in total. The normalized spacial score (nSPS) is 8.68. The van der Waals surface area contributed by atoms with E-state index < -0.39 is 0 Å². The van der Waals surface area contributed by atoms with E-state index >= 15 is 0 Å². The Labute approximate surface area is 378 Å². The van der Waals surface area contributed by atoms with Crippen molar-refractivity contribution in [2.75, 3.05) is 0 Å². The standard InChI is InChI=1S/C8H9N.4C8H7N.5C2H6.5CH4.2FH/c1-2-4-8-6-9-5-7(8)3-1;4*1-2-4-8-7(3-1)5-6-9-8;5*1-2;;;;;;;/h1-4,9H,5-6H2;4*1-6,9H;5*1-2H3;5*1H4;2*1H. The Bertz CT molecular complexity index is 1780. The summed E-state index contributed by atoms with van der Waals surface area (Å²) in [7, 11) is 0. The molecule has 348 valence electrons. The first kappa shape index (κ1) is 70.6. The minimum atomic E-state index is 0. The number of para-hydroxylation sites is 4. The first-order chi connectivity index (χ1) is 27.3. The average molecular weight is 858 g/mol. The van der Waals surface area contributed by atoms with Crippen LogP contribution >= 0.6 is 0 Å². The van der Waals surface area contributed by atoms with Crippen molar-refractivity contribution in [3.05, 3.63) is 182 Å². The van der Waals surface area contributed by atoms with Crippen LogP contribution in [0.5, 0.6) is 0 Å². The second kappa shape index (κ2) is 46.2. The molecule has 0 amide bonds. The highest BCUT2D eigenvalue weighted by Gasteiger charge is 2.06. The summed E-state index contributed by atoms with van der Waals surface area (Å²) < 4.78 is 0. The number of rotatable bonds is 0. The van der Waals surface area contributed by atoms with Gasteiger partial charge >= 0.3 is 0 Å². The number of nitrogens with one attached hydrogen (secondary N) is 5. The van der Waals surface area contributed by atoms with E-state index in [1.165, 1.54) is 54.7 Å². The second-order valence-electron chi connectivity index (χ2n) is 10.6. The molecule has 7 heteroatoms. The van der Waals surface area contributed by atoms with Crippen LogP contribution in [0.25, 0.3) is 43.6 Å². The van der Waals surface area contributed by atoms with E-state index in [4.69, 9.17) is 0 Å². The van der Waals surface area contributed by atoms with Crippen LogP contribution < -0.4 is 5.32 Å². The molecule has 0 bridgehead atoms. The van der Waals surface area contributed by atoms with E-state index in [1.807, 2.05) is 143 Å². The molecule has 5 heterocycles. The maximum absolute atomic E-state index is 3.29. The molecule has 0 fully saturated rings. The lowest BCUT2D eigenvalue weighted by atomic mass is 10.1. The van der Waals surface area contributed by atoms with Crippen molar-refractivity contribution >= 4 is 43.6 Å². The Kier molecular flexibility index (Phi) is 52.6. The number of fused-ring (bicyclic) bond motifs is 5. The van der Waals surface area contributed by atoms with Crippen LogP contribution in [0, 0.1) is 0 Å². The molecule has 9 aromatic rings. The van der Waals surface area contributed by atoms with Crippen molar-refractivity contribution in [2.45, 2.75) is 119 Å². The smallest absolute Gasteiger partial charge is 0.0453 e. The molecule has 0 unspecified atom stereocenters. The van der Waals surface area contributed by atoms with Crippen LogP contribution in [0.15, 0.2) is 170 Å². The van der Waals surface area contributed by atoms with Gasteiger partial charge in [-0.2, -0.15) is 0 Å². The number of hydrogen-bond acceptors (Lipinski definition) is 1. The van der Waals surface area contributed by atoms with Gasteiger partial charge in [0.2, 0.25) is 0 Å². The minimum Gasteiger partial charge on any atom is -0.361 e. The molecule has 0 spiro atoms. The molecule has 0 saturated carbocycles. The van der Waals surface area contributed by atoms with Crippen LogP contribution in [0.1, 0.15) is 117 Å². The van der Waals surface area contributed by atoms with Gasteiger partial charge in [-0.25, -0.2) is 0 Å². The van der Waals surface area contributed by atoms with Crippen molar-refractivity contribution in [1.82, 2.24) is 25.3 Å². The van der Waals surface area contributed by atoms with E-state index in [1.54, 1.807) is 0 Å². The summed E-state index contributed by atoms with van der Waals surface area (Å²) in [6.45, 7) is 22.1. The molecule has 0 radical (unpaired) electrons. The summed E-state index contributed by atoms with van der Waals surface area (Å²) in [5, 5.41) is 8.39. The van der Waals surface area contributed by atoms with Gasteiger partial charge < -0.3 is 25.3 Å². The Morgan fingerprint density at radius 1 is 0.274 bits per heavy atom. The van der Waals surface area contributed by atoms with Crippen LogP contribution in [0.2, 0.25) is 0 Å². The molecule has 5 aromatic carbocycles. The number of halogens is 2. The van der Waals surface area contributed by atoms with Gasteiger partial charge in [0.25, 0.3) is 0 Å². The van der Waals surface area contributed by atoms with E-state index in [2.05, 4.69) is 122 Å². The zero-order valence-corrected chi connectivity index (χ0v) is 35.9. The van der Waals surface area contributed by atoms with Gasteiger partial charge in [-0.3, -0.25) is 9.41 Å². The molecule has 0 aliphatic carbocycles. The number of H-pyrrole nitrogens is 4. The van der Waals surface area contributed by atoms with Crippen LogP contribution in [0.3, 0.4) is 0 Å². The highest BCUT2D eigenvalue weighted by Crippen LogP contribution is 2.14. The Morgan fingerprint density at radius 3 is 0.677 bits per heavy atom. The lowest BCUT2D eigenvalue weighted by Crippen LogP contribution is -1.99. The lowest BCUT2D eigenvalue weighted by molar-refractivity contribution is 0.765. The number of aromatic amines is 4. The summed E-state index contributed by atoms with van der Waals surface area (Å²) in [5.74, 6) is 0. The fraction of sp³-hybridized carbons (Fsp3) is 0.309. The minimum absolute atomic E-state index is 0. The third-order valence-corrected chi connectivity index (χ3v) is 7.60. The molecular weight excluding hydrogens is 769 g/mol. The number of hydrogen-bond donors (Lipinski definition) is 5. The van der Waals surface area contributed by atoms with Gasteiger partial charge in [-0.1, -0.05) is 203 Å². The molecule has 1 aliphatic heterocycles. The first-order valence-electron chi connectivity index (χ1n) is 20.2. The summed E-state index contributed by atoms with van der Waals surface area (Å²) >= 11 is 0. The topological polar surface area (TPSA) is 75.2 Å². The summed E-state index contributed by atoms with van der Waals surface area (Å²) in [6, 6.07) is 49.7. The molecule has 0 atom stereocenters. The third-order valence-electron chi connectivity index (χ3n) is 7.60. The lowest BCUT2D eigenvalue weighted by Gasteiger charge is -1.91. The maximum atomic E-state index is 3.29. The van der Waals surface area contributed by atoms with Gasteiger partial charge in [0, 0.05) is 59.9 Å². The van der Waals surface area contributed by atoms with Gasteiger partial charge in [0.1, 0.15) is 0 Å². The molecular formula is C55H89F2N5. The Hall–Kier alpha value is -5.92. The summed E-state index contributed by atoms with van der Waals surface area (Å²) in [6.07, 6.45) is 7.80. The SMILES string of the molecule is C.C.C.C.C.CC.CC.CC.CC.CC.F.F.c1ccc2[nH]ccc2c1.c1ccc2[nH]ccc2c1.c1ccc2[nH]ccc2c1.c1ccc2[nH]ccc2c1.c1ccc2c(c1)CNC2. The molecule has 4 aromatic heterocycles. The molecule has 5 nitrogen and oxygen atoms in total. The van der Waals surface area contributed by atoms with E-state index in [0.29, 0.717) is 0 Å². The van der Waals surface area contributed by atoms with Crippen LogP contribution in [-0.4, -0.2) is 19.9 Å². The largest absolute Gasteiger partial charge is 0.361 e. The fourth-order valence-corrected chi connectivity index (χ4v) is 5.21. The molecule has 1 aliphatic rings. The third kappa shape index (κ3) is 24.4. The quantitative estimate of drug-likeness (QED) is 0.104. The number of benzene rings is 5. The van der Waals surface area contributed by atoms with Gasteiger partial charge in [0.15, 0.2) is 0 Å². The fourth-order valence-electron chi connectivity index (χ4n) is 5.21. The van der Waals surface area contributed by atoms with Crippen molar-refractivity contribution < 1.29 is 9.41 Å². The highest BCUT2D eigenvalue weighted by atomic mass is 19.0. The molecule has 10 rings (SSSR count). The van der Waals surface area contributed by atoms with Crippen LogP contribution in [0.4, 0.5) is 9.41 Å². The molecule has 0 saturated heterocycles. The summed E-state index contributed by atoms with van der Waals surface area (Å²) in [5.41, 5.74) is 7.74. The first-order valence-corrected chi connectivity index (χ1v) is 20.2. The summed E-state index contributed by atoms with van der Waals surface area (Å²) in [4.78, 5) is 12.5. The Balaban J connectivity index is -0.000000113. The van der Waals surface area contributed by atoms with Crippen molar-refractivity contribution in [3.8, 4) is 0 Å². The van der Waals surface area contributed by atoms with Crippen molar-refractivity contribution in [1.29, 1.82) is 0 Å².